The molecule has 2 aliphatic rings. The average Bonchev–Trinajstić information content (AvgIpc) is 3.02. The van der Waals surface area contributed by atoms with E-state index in [4.69, 9.17) is 0 Å². The highest BCUT2D eigenvalue weighted by Crippen LogP contribution is 2.52. The van der Waals surface area contributed by atoms with Crippen LogP contribution < -0.4 is 0 Å². The van der Waals surface area contributed by atoms with Gasteiger partial charge in [0, 0.05) is 26.7 Å². The van der Waals surface area contributed by atoms with Crippen molar-refractivity contribution in [3.8, 4) is 10.6 Å². The van der Waals surface area contributed by atoms with Gasteiger partial charge in [-0.25, -0.2) is 0 Å². The van der Waals surface area contributed by atoms with Crippen LogP contribution in [-0.2, 0) is 7.05 Å². The van der Waals surface area contributed by atoms with Gasteiger partial charge in [-0.1, -0.05) is 6.07 Å². The molecule has 1 unspecified atom stereocenters. The van der Waals surface area contributed by atoms with Crippen LogP contribution in [0.3, 0.4) is 0 Å². The van der Waals surface area contributed by atoms with Crippen LogP contribution >= 0.6 is 11.3 Å². The Balaban J connectivity index is 1.45. The highest BCUT2D eigenvalue weighted by molar-refractivity contribution is 7.13. The van der Waals surface area contributed by atoms with Crippen molar-refractivity contribution in [3.05, 3.63) is 29.3 Å². The molecule has 3 heterocycles. The largest absolute Gasteiger partial charge is 0.337 e. The Labute approximate surface area is 140 Å². The second-order valence-corrected chi connectivity index (χ2v) is 7.93. The summed E-state index contributed by atoms with van der Waals surface area (Å²) in [6.07, 6.45) is 0. The van der Waals surface area contributed by atoms with E-state index in [0.29, 0.717) is 17.5 Å². The quantitative estimate of drug-likeness (QED) is 0.861. The summed E-state index contributed by atoms with van der Waals surface area (Å²) in [7, 11) is 6.15. The molecular weight excluding hydrogens is 308 g/mol. The van der Waals surface area contributed by atoms with Gasteiger partial charge in [0.2, 0.25) is 0 Å². The molecule has 2 aromatic rings. The Morgan fingerprint density at radius 1 is 1.39 bits per heavy atom. The first-order chi connectivity index (χ1) is 11.0. The van der Waals surface area contributed by atoms with Crippen LogP contribution in [0.4, 0.5) is 0 Å². The van der Waals surface area contributed by atoms with Gasteiger partial charge in [-0.2, -0.15) is 5.10 Å². The van der Waals surface area contributed by atoms with Crippen LogP contribution in [0.25, 0.3) is 10.6 Å². The number of carbonyl (C=O) groups is 1. The van der Waals surface area contributed by atoms with E-state index in [9.17, 15) is 4.79 Å². The zero-order valence-electron chi connectivity index (χ0n) is 13.8. The van der Waals surface area contributed by atoms with Crippen molar-refractivity contribution < 1.29 is 4.79 Å². The van der Waals surface area contributed by atoms with Crippen molar-refractivity contribution in [1.29, 1.82) is 0 Å². The number of piperidine rings is 1. The van der Waals surface area contributed by atoms with Gasteiger partial charge >= 0.3 is 0 Å². The van der Waals surface area contributed by atoms with Crippen molar-refractivity contribution in [1.82, 2.24) is 19.6 Å². The van der Waals surface area contributed by atoms with Gasteiger partial charge in [0.1, 0.15) is 0 Å². The molecule has 1 saturated heterocycles. The van der Waals surface area contributed by atoms with Crippen molar-refractivity contribution in [2.45, 2.75) is 0 Å². The van der Waals surface area contributed by atoms with E-state index < -0.39 is 0 Å². The fourth-order valence-electron chi connectivity index (χ4n) is 3.90. The number of aromatic nitrogens is 2. The second kappa shape index (κ2) is 5.46. The molecular formula is C17H22N4OS. The SMILES string of the molecule is CN(C)CC1[C@H]2CN(C(=O)c3cc(-c4cccs4)n(C)n3)C[C@@H]12. The van der Waals surface area contributed by atoms with Gasteiger partial charge in [-0.3, -0.25) is 9.48 Å². The Hall–Kier alpha value is -1.66. The highest BCUT2D eigenvalue weighted by atomic mass is 32.1. The first kappa shape index (κ1) is 14.9. The summed E-state index contributed by atoms with van der Waals surface area (Å²) in [6, 6.07) is 6.01. The molecule has 4 rings (SSSR count). The molecule has 0 aromatic carbocycles. The number of hydrogen-bond donors (Lipinski definition) is 0. The van der Waals surface area contributed by atoms with E-state index in [1.165, 1.54) is 0 Å². The highest BCUT2D eigenvalue weighted by Gasteiger charge is 2.56. The van der Waals surface area contributed by atoms with Crippen LogP contribution in [0.1, 0.15) is 10.5 Å². The molecule has 1 aliphatic heterocycles. The summed E-state index contributed by atoms with van der Waals surface area (Å²) < 4.78 is 1.81. The fourth-order valence-corrected chi connectivity index (χ4v) is 4.67. The van der Waals surface area contributed by atoms with Crippen molar-refractivity contribution in [2.24, 2.45) is 24.8 Å². The van der Waals surface area contributed by atoms with E-state index in [-0.39, 0.29) is 5.91 Å². The molecule has 6 heteroatoms. The maximum absolute atomic E-state index is 12.7. The average molecular weight is 330 g/mol. The standard InChI is InChI=1S/C17H22N4OS/c1-19(2)8-11-12-9-21(10-13(11)12)17(22)14-7-15(20(3)18-14)16-5-4-6-23-16/h4-7,11-13H,8-10H2,1-3H3/t11?,12-,13+. The van der Waals surface area contributed by atoms with Crippen LogP contribution in [0.15, 0.2) is 23.6 Å². The predicted octanol–water partition coefficient (Wildman–Crippen LogP) is 2.03. The van der Waals surface area contributed by atoms with Crippen molar-refractivity contribution in [2.75, 3.05) is 33.7 Å². The normalized spacial score (nSPS) is 25.9. The Kier molecular flexibility index (Phi) is 3.54. The lowest BCUT2D eigenvalue weighted by molar-refractivity contribution is 0.0759. The lowest BCUT2D eigenvalue weighted by Crippen LogP contribution is -2.33. The van der Waals surface area contributed by atoms with E-state index >= 15 is 0 Å². The predicted molar refractivity (Wildman–Crippen MR) is 91.4 cm³/mol. The Morgan fingerprint density at radius 2 is 2.13 bits per heavy atom. The molecule has 0 spiro atoms. The number of rotatable bonds is 4. The molecule has 3 atom stereocenters. The smallest absolute Gasteiger partial charge is 0.274 e. The zero-order chi connectivity index (χ0) is 16.1. The lowest BCUT2D eigenvalue weighted by Gasteiger charge is -2.20. The molecule has 0 bridgehead atoms. The third kappa shape index (κ3) is 2.60. The molecule has 1 aliphatic carbocycles. The number of nitrogens with zero attached hydrogens (tertiary/aromatic N) is 4. The number of likely N-dealkylation sites (tertiary alicyclic amines) is 1. The van der Waals surface area contributed by atoms with Gasteiger partial charge < -0.3 is 9.80 Å². The number of amides is 1. The first-order valence-corrected chi connectivity index (χ1v) is 8.94. The van der Waals surface area contributed by atoms with E-state index in [1.54, 1.807) is 11.3 Å². The fraction of sp³-hybridized carbons (Fsp3) is 0.529. The minimum Gasteiger partial charge on any atom is -0.337 e. The monoisotopic (exact) mass is 330 g/mol. The second-order valence-electron chi connectivity index (χ2n) is 6.98. The molecule has 1 saturated carbocycles. The molecule has 1 amide bonds. The van der Waals surface area contributed by atoms with E-state index in [0.717, 1.165) is 36.1 Å². The maximum atomic E-state index is 12.7. The van der Waals surface area contributed by atoms with Gasteiger partial charge in [0.15, 0.2) is 5.69 Å². The van der Waals surface area contributed by atoms with Gasteiger partial charge in [0.05, 0.1) is 10.6 Å². The van der Waals surface area contributed by atoms with Crippen LogP contribution in [0.2, 0.25) is 0 Å². The minimum atomic E-state index is 0.0826. The molecule has 2 fully saturated rings. The molecule has 122 valence electrons. The summed E-state index contributed by atoms with van der Waals surface area (Å²) >= 11 is 1.67. The molecule has 5 nitrogen and oxygen atoms in total. The minimum absolute atomic E-state index is 0.0826. The summed E-state index contributed by atoms with van der Waals surface area (Å²) in [4.78, 5) is 18.1. The van der Waals surface area contributed by atoms with Crippen LogP contribution in [0, 0.1) is 17.8 Å². The number of hydrogen-bond acceptors (Lipinski definition) is 4. The van der Waals surface area contributed by atoms with E-state index in [1.807, 2.05) is 34.1 Å². The van der Waals surface area contributed by atoms with Gasteiger partial charge in [0.25, 0.3) is 5.91 Å². The van der Waals surface area contributed by atoms with Crippen molar-refractivity contribution in [3.63, 3.8) is 0 Å². The molecule has 0 radical (unpaired) electrons. The zero-order valence-corrected chi connectivity index (χ0v) is 14.6. The number of aryl methyl sites for hydroxylation is 1. The lowest BCUT2D eigenvalue weighted by atomic mass is 10.2. The summed E-state index contributed by atoms with van der Waals surface area (Å²) in [6.45, 7) is 2.93. The van der Waals surface area contributed by atoms with Gasteiger partial charge in [-0.05, 0) is 49.4 Å². The third-order valence-electron chi connectivity index (χ3n) is 5.11. The summed E-state index contributed by atoms with van der Waals surface area (Å²) in [5, 5.41) is 6.49. The van der Waals surface area contributed by atoms with Crippen molar-refractivity contribution >= 4 is 17.2 Å². The Bertz CT molecular complexity index is 709. The van der Waals surface area contributed by atoms with Crippen LogP contribution in [0.5, 0.6) is 0 Å². The topological polar surface area (TPSA) is 41.4 Å². The molecule has 0 N–H and O–H groups in total. The number of thiophene rings is 1. The summed E-state index contributed by atoms with van der Waals surface area (Å²) in [5.74, 6) is 2.25. The number of carbonyl (C=O) groups excluding carboxylic acids is 1. The summed E-state index contributed by atoms with van der Waals surface area (Å²) in [5.41, 5.74) is 1.58. The van der Waals surface area contributed by atoms with Crippen LogP contribution in [-0.4, -0.2) is 59.2 Å². The van der Waals surface area contributed by atoms with Gasteiger partial charge in [-0.15, -0.1) is 11.3 Å². The maximum Gasteiger partial charge on any atom is 0.274 e. The third-order valence-corrected chi connectivity index (χ3v) is 6.00. The van der Waals surface area contributed by atoms with E-state index in [2.05, 4.69) is 30.2 Å². The molecule has 2 aromatic heterocycles. The molecule has 23 heavy (non-hydrogen) atoms. The number of fused-ring (bicyclic) bond motifs is 1. The first-order valence-electron chi connectivity index (χ1n) is 8.06. The Morgan fingerprint density at radius 3 is 2.74 bits per heavy atom.